The molecule has 0 aromatic carbocycles. The number of hydrogen-bond acceptors (Lipinski definition) is 6. The van der Waals surface area contributed by atoms with Crippen LogP contribution in [0, 0.1) is 0 Å². The Balaban J connectivity index is 1.98. The summed E-state index contributed by atoms with van der Waals surface area (Å²) in [7, 11) is 1.78. The van der Waals surface area contributed by atoms with Crippen molar-refractivity contribution in [2.45, 2.75) is 24.9 Å². The van der Waals surface area contributed by atoms with Gasteiger partial charge >= 0.3 is 5.65 Å². The van der Waals surface area contributed by atoms with Gasteiger partial charge in [0.15, 0.2) is 24.7 Å². The number of H-pyrrole nitrogens is 1. The summed E-state index contributed by atoms with van der Waals surface area (Å²) in [5.74, 6) is 0.695. The first kappa shape index (κ1) is 12.3. The summed E-state index contributed by atoms with van der Waals surface area (Å²) in [6, 6.07) is 0. The number of ether oxygens (including phenoxy) is 1. The van der Waals surface area contributed by atoms with E-state index in [0.717, 1.165) is 5.52 Å². The van der Waals surface area contributed by atoms with Crippen LogP contribution in [0.25, 0.3) is 11.2 Å². The average molecular weight is 266 g/mol. The van der Waals surface area contributed by atoms with Crippen LogP contribution in [-0.4, -0.2) is 51.0 Å². The molecule has 2 aromatic rings. The Bertz CT molecular complexity index is 587. The molecule has 102 valence electrons. The Morgan fingerprint density at radius 3 is 3.11 bits per heavy atom. The van der Waals surface area contributed by atoms with Crippen LogP contribution in [0.15, 0.2) is 12.7 Å². The van der Waals surface area contributed by atoms with Crippen molar-refractivity contribution in [1.82, 2.24) is 15.0 Å². The minimum absolute atomic E-state index is 0.197. The highest BCUT2D eigenvalue weighted by Crippen LogP contribution is 2.26. The molecule has 0 aliphatic carbocycles. The van der Waals surface area contributed by atoms with Crippen LogP contribution in [0.5, 0.6) is 0 Å². The number of nitrogens with zero attached hydrogens (tertiary/aromatic N) is 3. The van der Waals surface area contributed by atoms with Crippen molar-refractivity contribution < 1.29 is 19.5 Å². The summed E-state index contributed by atoms with van der Waals surface area (Å²) in [4.78, 5) is 11.4. The van der Waals surface area contributed by atoms with E-state index in [2.05, 4.69) is 20.3 Å². The predicted molar refractivity (Wildman–Crippen MR) is 65.3 cm³/mol. The Labute approximate surface area is 109 Å². The van der Waals surface area contributed by atoms with Crippen molar-refractivity contribution in [2.24, 2.45) is 0 Å². The molecule has 0 spiro atoms. The van der Waals surface area contributed by atoms with Gasteiger partial charge in [0.05, 0.1) is 12.7 Å². The molecule has 19 heavy (non-hydrogen) atoms. The Hall–Kier alpha value is -1.77. The highest BCUT2D eigenvalue weighted by atomic mass is 16.5. The number of fused-ring (bicyclic) bond motifs is 1. The molecule has 3 atom stereocenters. The summed E-state index contributed by atoms with van der Waals surface area (Å²) in [6.45, 7) is -0.197. The lowest BCUT2D eigenvalue weighted by Gasteiger charge is -2.10. The molecule has 4 N–H and O–H groups in total. The van der Waals surface area contributed by atoms with E-state index in [1.165, 1.54) is 6.33 Å². The summed E-state index contributed by atoms with van der Waals surface area (Å²) in [5.41, 5.74) is 1.46. The lowest BCUT2D eigenvalue weighted by molar-refractivity contribution is -0.738. The zero-order valence-corrected chi connectivity index (χ0v) is 10.4. The maximum atomic E-state index is 9.78. The molecule has 1 fully saturated rings. The Morgan fingerprint density at radius 2 is 2.42 bits per heavy atom. The fourth-order valence-electron chi connectivity index (χ4n) is 2.36. The summed E-state index contributed by atoms with van der Waals surface area (Å²) in [5, 5.41) is 21.9. The lowest BCUT2D eigenvalue weighted by Crippen LogP contribution is -2.39. The van der Waals surface area contributed by atoms with E-state index in [0.29, 0.717) is 17.9 Å². The van der Waals surface area contributed by atoms with Crippen LogP contribution in [0.4, 0.5) is 5.82 Å². The van der Waals surface area contributed by atoms with E-state index in [1.54, 1.807) is 17.9 Å². The Kier molecular flexibility index (Phi) is 3.05. The zero-order valence-electron chi connectivity index (χ0n) is 10.4. The number of rotatable bonds is 3. The van der Waals surface area contributed by atoms with Gasteiger partial charge < -0.3 is 20.3 Å². The molecule has 1 aliphatic rings. The second kappa shape index (κ2) is 4.72. The molecule has 1 aliphatic heterocycles. The van der Waals surface area contributed by atoms with Gasteiger partial charge in [0.1, 0.15) is 6.10 Å². The van der Waals surface area contributed by atoms with Crippen molar-refractivity contribution in [3.63, 3.8) is 0 Å². The van der Waals surface area contributed by atoms with Crippen molar-refractivity contribution in [2.75, 3.05) is 19.0 Å². The van der Waals surface area contributed by atoms with Crippen molar-refractivity contribution in [3.8, 4) is 0 Å². The number of hydrogen-bond donors (Lipinski definition) is 4. The molecule has 0 bridgehead atoms. The first-order chi connectivity index (χ1) is 9.24. The van der Waals surface area contributed by atoms with Gasteiger partial charge in [0.2, 0.25) is 5.52 Å². The van der Waals surface area contributed by atoms with Crippen molar-refractivity contribution in [1.29, 1.82) is 0 Å². The van der Waals surface area contributed by atoms with Gasteiger partial charge in [-0.25, -0.2) is 4.57 Å². The number of nitrogens with one attached hydrogen (secondary N) is 2. The van der Waals surface area contributed by atoms with Gasteiger partial charge in [-0.3, -0.25) is 4.98 Å². The highest BCUT2D eigenvalue weighted by molar-refractivity contribution is 5.79. The summed E-state index contributed by atoms with van der Waals surface area (Å²) < 4.78 is 7.41. The van der Waals surface area contributed by atoms with Gasteiger partial charge in [-0.1, -0.05) is 4.98 Å². The minimum atomic E-state index is -0.668. The van der Waals surface area contributed by atoms with Gasteiger partial charge in [0, 0.05) is 13.5 Å². The maximum absolute atomic E-state index is 9.78. The minimum Gasteiger partial charge on any atom is -0.394 e. The molecule has 8 nitrogen and oxygen atoms in total. The van der Waals surface area contributed by atoms with Crippen LogP contribution in [0.3, 0.4) is 0 Å². The summed E-state index contributed by atoms with van der Waals surface area (Å²) >= 11 is 0. The molecule has 0 radical (unpaired) electrons. The van der Waals surface area contributed by atoms with Gasteiger partial charge in [-0.2, -0.15) is 4.98 Å². The van der Waals surface area contributed by atoms with Crippen molar-refractivity contribution in [3.05, 3.63) is 12.7 Å². The van der Waals surface area contributed by atoms with E-state index in [-0.39, 0.29) is 12.8 Å². The molecule has 3 heterocycles. The molecule has 3 rings (SSSR count). The number of aliphatic hydroxyl groups excluding tert-OH is 2. The number of aliphatic hydroxyl groups is 2. The second-order valence-electron chi connectivity index (χ2n) is 4.47. The molecule has 0 amide bonds. The third-order valence-electron chi connectivity index (χ3n) is 3.35. The third kappa shape index (κ3) is 1.93. The smallest absolute Gasteiger partial charge is 0.309 e. The SMILES string of the molecule is CNc1ncnc2c1[nH]c[n+]2[C@H]1C[C@H](O)[C@@H](CO)O1. The quantitative estimate of drug-likeness (QED) is 0.527. The first-order valence-corrected chi connectivity index (χ1v) is 6.10. The van der Waals surface area contributed by atoms with E-state index in [9.17, 15) is 5.11 Å². The largest absolute Gasteiger partial charge is 0.394 e. The second-order valence-corrected chi connectivity index (χ2v) is 4.47. The first-order valence-electron chi connectivity index (χ1n) is 6.10. The fourth-order valence-corrected chi connectivity index (χ4v) is 2.36. The van der Waals surface area contributed by atoms with Crippen LogP contribution in [0.2, 0.25) is 0 Å². The third-order valence-corrected chi connectivity index (χ3v) is 3.35. The van der Waals surface area contributed by atoms with Crippen LogP contribution >= 0.6 is 0 Å². The Morgan fingerprint density at radius 1 is 1.58 bits per heavy atom. The number of anilines is 1. The number of aromatic nitrogens is 4. The van der Waals surface area contributed by atoms with Gasteiger partial charge in [-0.15, -0.1) is 0 Å². The maximum Gasteiger partial charge on any atom is 0.309 e. The van der Waals surface area contributed by atoms with E-state index >= 15 is 0 Å². The number of imidazole rings is 1. The molecule has 0 saturated carbocycles. The van der Waals surface area contributed by atoms with E-state index in [4.69, 9.17) is 9.84 Å². The highest BCUT2D eigenvalue weighted by Gasteiger charge is 2.37. The van der Waals surface area contributed by atoms with Crippen LogP contribution in [-0.2, 0) is 4.74 Å². The standard InChI is InChI=1S/C11H15N5O3/c1-12-10-9-11(14-4-13-10)16(5-15-9)8-2-6(18)7(3-17)19-8/h4-8,17-18H,2-3H2,1H3,(H,12,13,14)/p+1/t6-,7+,8+/m0/s1. The average Bonchev–Trinajstić information content (AvgIpc) is 3.01. The molecule has 0 unspecified atom stereocenters. The van der Waals surface area contributed by atoms with E-state index < -0.39 is 12.2 Å². The molecule has 8 heteroatoms. The van der Waals surface area contributed by atoms with Crippen LogP contribution < -0.4 is 9.88 Å². The lowest BCUT2D eigenvalue weighted by atomic mass is 10.2. The van der Waals surface area contributed by atoms with Crippen molar-refractivity contribution >= 4 is 17.0 Å². The van der Waals surface area contributed by atoms with Crippen LogP contribution in [0.1, 0.15) is 12.6 Å². The van der Waals surface area contributed by atoms with Gasteiger partial charge in [-0.05, 0) is 0 Å². The predicted octanol–water partition coefficient (Wildman–Crippen LogP) is -1.07. The zero-order chi connectivity index (χ0) is 13.4. The normalized spacial score (nSPS) is 27.0. The monoisotopic (exact) mass is 266 g/mol. The molecular formula is C11H16N5O3+. The molecular weight excluding hydrogens is 250 g/mol. The number of aromatic amines is 1. The van der Waals surface area contributed by atoms with Gasteiger partial charge in [0.25, 0.3) is 0 Å². The molecule has 2 aromatic heterocycles. The summed E-state index contributed by atoms with van der Waals surface area (Å²) in [6.07, 6.45) is 2.05. The fraction of sp³-hybridized carbons (Fsp3) is 0.545. The topological polar surface area (TPSA) is 107 Å². The molecule has 1 saturated heterocycles. The van der Waals surface area contributed by atoms with E-state index in [1.807, 2.05) is 0 Å².